The van der Waals surface area contributed by atoms with Gasteiger partial charge >= 0.3 is 0 Å². The molecule has 0 aliphatic carbocycles. The van der Waals surface area contributed by atoms with Crippen LogP contribution in [0.4, 0.5) is 0 Å². The van der Waals surface area contributed by atoms with Crippen molar-refractivity contribution in [3.8, 4) is 11.3 Å². The number of amides is 1. The summed E-state index contributed by atoms with van der Waals surface area (Å²) in [5, 5.41) is 7.09. The molecule has 1 fully saturated rings. The van der Waals surface area contributed by atoms with Crippen LogP contribution in [0, 0.1) is 0 Å². The molecule has 1 saturated heterocycles. The summed E-state index contributed by atoms with van der Waals surface area (Å²) in [5.41, 5.74) is 1.21. The van der Waals surface area contributed by atoms with E-state index in [-0.39, 0.29) is 24.1 Å². The van der Waals surface area contributed by atoms with Gasteiger partial charge in [0, 0.05) is 29.3 Å². The lowest BCUT2D eigenvalue weighted by molar-refractivity contribution is -0.122. The summed E-state index contributed by atoms with van der Waals surface area (Å²) in [6, 6.07) is 10.7. The number of rotatable bonds is 5. The van der Waals surface area contributed by atoms with Crippen LogP contribution in [-0.4, -0.2) is 34.9 Å². The Bertz CT molecular complexity index is 785. The molecule has 1 aromatic carbocycles. The van der Waals surface area contributed by atoms with Gasteiger partial charge in [0.2, 0.25) is 5.91 Å². The van der Waals surface area contributed by atoms with Gasteiger partial charge in [-0.2, -0.15) is 5.10 Å². The van der Waals surface area contributed by atoms with E-state index in [1.165, 1.54) is 10.7 Å². The molecule has 1 atom stereocenters. The van der Waals surface area contributed by atoms with Crippen molar-refractivity contribution < 1.29 is 9.53 Å². The number of hydrogen-bond donors (Lipinski definition) is 1. The first kappa shape index (κ1) is 16.9. The number of ether oxygens (including phenoxy) is 1. The number of nitrogens with one attached hydrogen (secondary N) is 1. The second-order valence-electron chi connectivity index (χ2n) is 5.66. The predicted octanol–water partition coefficient (Wildman–Crippen LogP) is 1.97. The van der Waals surface area contributed by atoms with Crippen molar-refractivity contribution in [3.05, 3.63) is 51.2 Å². The summed E-state index contributed by atoms with van der Waals surface area (Å²) in [6.07, 6.45) is 2.05. The van der Waals surface area contributed by atoms with Crippen molar-refractivity contribution in [2.75, 3.05) is 13.2 Å². The number of carbonyl (C=O) groups is 1. The molecule has 0 bridgehead atoms. The standard InChI is InChI=1S/C17H18BrN3O3/c18-13-4-1-3-12(9-13)15-6-7-17(23)21(20-15)11-16(22)19-10-14-5-2-8-24-14/h1,3-4,6-7,9,14H,2,5,8,10-11H2,(H,19,22)/t14-/m0/s1. The highest BCUT2D eigenvalue weighted by molar-refractivity contribution is 9.10. The van der Waals surface area contributed by atoms with E-state index in [9.17, 15) is 9.59 Å². The van der Waals surface area contributed by atoms with Crippen molar-refractivity contribution in [2.24, 2.45) is 0 Å². The Morgan fingerprint density at radius 3 is 3.00 bits per heavy atom. The first-order valence-corrected chi connectivity index (χ1v) is 8.63. The van der Waals surface area contributed by atoms with Crippen LogP contribution in [0.15, 0.2) is 45.7 Å². The zero-order chi connectivity index (χ0) is 16.9. The third-order valence-electron chi connectivity index (χ3n) is 3.83. The molecule has 0 radical (unpaired) electrons. The normalized spacial score (nSPS) is 17.0. The van der Waals surface area contributed by atoms with Gasteiger partial charge < -0.3 is 10.1 Å². The molecule has 7 heteroatoms. The van der Waals surface area contributed by atoms with Crippen LogP contribution < -0.4 is 10.9 Å². The second kappa shape index (κ2) is 7.72. The van der Waals surface area contributed by atoms with Crippen LogP contribution in [0.5, 0.6) is 0 Å². The van der Waals surface area contributed by atoms with Gasteiger partial charge in [0.05, 0.1) is 11.8 Å². The van der Waals surface area contributed by atoms with E-state index in [2.05, 4.69) is 26.3 Å². The van der Waals surface area contributed by atoms with E-state index in [1.54, 1.807) is 6.07 Å². The lowest BCUT2D eigenvalue weighted by atomic mass is 10.1. The second-order valence-corrected chi connectivity index (χ2v) is 6.58. The average Bonchev–Trinajstić information content (AvgIpc) is 3.08. The summed E-state index contributed by atoms with van der Waals surface area (Å²) >= 11 is 3.41. The van der Waals surface area contributed by atoms with Crippen LogP contribution in [-0.2, 0) is 16.1 Å². The molecule has 0 spiro atoms. The van der Waals surface area contributed by atoms with Crippen molar-refractivity contribution in [3.63, 3.8) is 0 Å². The third kappa shape index (κ3) is 4.30. The fourth-order valence-corrected chi connectivity index (χ4v) is 2.99. The van der Waals surface area contributed by atoms with Crippen LogP contribution in [0.2, 0.25) is 0 Å². The van der Waals surface area contributed by atoms with Crippen molar-refractivity contribution in [1.29, 1.82) is 0 Å². The highest BCUT2D eigenvalue weighted by Crippen LogP contribution is 2.20. The maximum absolute atomic E-state index is 12.0. The number of hydrogen-bond acceptors (Lipinski definition) is 4. The van der Waals surface area contributed by atoms with Gasteiger partial charge in [-0.05, 0) is 31.0 Å². The highest BCUT2D eigenvalue weighted by Gasteiger charge is 2.16. The lowest BCUT2D eigenvalue weighted by Crippen LogP contribution is -2.37. The van der Waals surface area contributed by atoms with Crippen molar-refractivity contribution >= 4 is 21.8 Å². The predicted molar refractivity (Wildman–Crippen MR) is 93.6 cm³/mol. The SMILES string of the molecule is O=C(Cn1nc(-c2cccc(Br)c2)ccc1=O)NC[C@@H]1CCCO1. The van der Waals surface area contributed by atoms with Gasteiger partial charge in [0.25, 0.3) is 5.56 Å². The molecule has 24 heavy (non-hydrogen) atoms. The molecule has 1 amide bonds. The molecule has 2 aromatic rings. The van der Waals surface area contributed by atoms with Gasteiger partial charge in [-0.15, -0.1) is 0 Å². The average molecular weight is 392 g/mol. The maximum atomic E-state index is 12.0. The number of nitrogens with zero attached hydrogens (tertiary/aromatic N) is 2. The van der Waals surface area contributed by atoms with Crippen LogP contribution in [0.25, 0.3) is 11.3 Å². The van der Waals surface area contributed by atoms with Gasteiger partial charge in [0.1, 0.15) is 6.54 Å². The Kier molecular flexibility index (Phi) is 5.42. The Morgan fingerprint density at radius 2 is 2.25 bits per heavy atom. The van der Waals surface area contributed by atoms with E-state index < -0.39 is 0 Å². The molecule has 0 saturated carbocycles. The molecule has 0 unspecified atom stereocenters. The largest absolute Gasteiger partial charge is 0.376 e. The molecule has 2 heterocycles. The number of carbonyl (C=O) groups excluding carboxylic acids is 1. The van der Waals surface area contributed by atoms with Gasteiger partial charge in [-0.25, -0.2) is 4.68 Å². The topological polar surface area (TPSA) is 73.2 Å². The summed E-state index contributed by atoms with van der Waals surface area (Å²) < 4.78 is 7.57. The monoisotopic (exact) mass is 391 g/mol. The molecule has 1 aliphatic heterocycles. The number of halogens is 1. The molecular weight excluding hydrogens is 374 g/mol. The van der Waals surface area contributed by atoms with E-state index in [0.29, 0.717) is 12.2 Å². The molecule has 3 rings (SSSR count). The van der Waals surface area contributed by atoms with Crippen LogP contribution in [0.1, 0.15) is 12.8 Å². The fraction of sp³-hybridized carbons (Fsp3) is 0.353. The Hall–Kier alpha value is -1.99. The quantitative estimate of drug-likeness (QED) is 0.845. The Balaban J connectivity index is 1.69. The highest BCUT2D eigenvalue weighted by atomic mass is 79.9. The minimum absolute atomic E-state index is 0.0756. The number of benzene rings is 1. The first-order valence-electron chi connectivity index (χ1n) is 7.84. The minimum Gasteiger partial charge on any atom is -0.376 e. The fourth-order valence-electron chi connectivity index (χ4n) is 2.59. The van der Waals surface area contributed by atoms with Crippen LogP contribution >= 0.6 is 15.9 Å². The third-order valence-corrected chi connectivity index (χ3v) is 4.32. The number of aromatic nitrogens is 2. The Morgan fingerprint density at radius 1 is 1.38 bits per heavy atom. The minimum atomic E-state index is -0.305. The van der Waals surface area contributed by atoms with Crippen molar-refractivity contribution in [1.82, 2.24) is 15.1 Å². The summed E-state index contributed by atoms with van der Waals surface area (Å²) in [5.74, 6) is -0.244. The summed E-state index contributed by atoms with van der Waals surface area (Å²) in [7, 11) is 0. The summed E-state index contributed by atoms with van der Waals surface area (Å²) in [4.78, 5) is 24.0. The molecule has 1 aromatic heterocycles. The van der Waals surface area contributed by atoms with Gasteiger partial charge in [0.15, 0.2) is 0 Å². The summed E-state index contributed by atoms with van der Waals surface area (Å²) in [6.45, 7) is 1.11. The first-order chi connectivity index (χ1) is 11.6. The van der Waals surface area contributed by atoms with Crippen LogP contribution in [0.3, 0.4) is 0 Å². The lowest BCUT2D eigenvalue weighted by Gasteiger charge is -2.11. The molecule has 6 nitrogen and oxygen atoms in total. The van der Waals surface area contributed by atoms with E-state index >= 15 is 0 Å². The van der Waals surface area contributed by atoms with Gasteiger partial charge in [-0.1, -0.05) is 28.1 Å². The van der Waals surface area contributed by atoms with E-state index in [0.717, 1.165) is 29.5 Å². The Labute approximate surface area is 148 Å². The molecular formula is C17H18BrN3O3. The zero-order valence-corrected chi connectivity index (χ0v) is 14.7. The van der Waals surface area contributed by atoms with E-state index in [1.807, 2.05) is 24.3 Å². The van der Waals surface area contributed by atoms with Gasteiger partial charge in [-0.3, -0.25) is 9.59 Å². The maximum Gasteiger partial charge on any atom is 0.267 e. The molecule has 1 N–H and O–H groups in total. The molecule has 126 valence electrons. The van der Waals surface area contributed by atoms with E-state index in [4.69, 9.17) is 4.74 Å². The van der Waals surface area contributed by atoms with Crippen molar-refractivity contribution in [2.45, 2.75) is 25.5 Å². The smallest absolute Gasteiger partial charge is 0.267 e. The molecule has 1 aliphatic rings. The zero-order valence-electron chi connectivity index (χ0n) is 13.1.